The molecule has 1 atom stereocenters. The summed E-state index contributed by atoms with van der Waals surface area (Å²) in [6, 6.07) is 14.3. The van der Waals surface area contributed by atoms with Crippen LogP contribution in [0.25, 0.3) is 10.9 Å². The van der Waals surface area contributed by atoms with Gasteiger partial charge in [0.15, 0.2) is 0 Å². The van der Waals surface area contributed by atoms with E-state index in [4.69, 9.17) is 16.3 Å². The van der Waals surface area contributed by atoms with E-state index in [9.17, 15) is 4.79 Å². The number of nitrogens with one attached hydrogen (secondary N) is 2. The molecule has 0 amide bonds. The van der Waals surface area contributed by atoms with Crippen LogP contribution in [0, 0.1) is 0 Å². The molecular formula is C21H21ClN2O2. The van der Waals surface area contributed by atoms with Crippen molar-refractivity contribution in [2.75, 3.05) is 13.2 Å². The molecule has 0 saturated heterocycles. The molecule has 1 unspecified atom stereocenters. The Balaban J connectivity index is 1.63. The average molecular weight is 369 g/mol. The fraction of sp³-hybridized carbons (Fsp3) is 0.286. The molecule has 1 aromatic heterocycles. The minimum absolute atomic E-state index is 0.113. The molecule has 2 heterocycles. The molecule has 1 aliphatic rings. The van der Waals surface area contributed by atoms with Gasteiger partial charge in [0.1, 0.15) is 0 Å². The first-order valence-electron chi connectivity index (χ1n) is 8.93. The minimum atomic E-state index is -0.189. The van der Waals surface area contributed by atoms with Crippen LogP contribution in [0.2, 0.25) is 5.02 Å². The molecule has 2 N–H and O–H groups in total. The molecule has 5 heteroatoms. The van der Waals surface area contributed by atoms with Gasteiger partial charge in [0.05, 0.1) is 19.1 Å². The summed E-state index contributed by atoms with van der Waals surface area (Å²) < 4.78 is 5.02. The number of hydrogen-bond donors (Lipinski definition) is 2. The number of aromatic nitrogens is 1. The fourth-order valence-corrected chi connectivity index (χ4v) is 3.86. The SMILES string of the molecule is CCOC(=O)Cc1ccc(C2NCCc3c2[nH]c2ccc(Cl)cc32)cc1. The highest BCUT2D eigenvalue weighted by molar-refractivity contribution is 6.31. The fourth-order valence-electron chi connectivity index (χ4n) is 3.69. The van der Waals surface area contributed by atoms with Gasteiger partial charge in [0, 0.05) is 28.2 Å². The second-order valence-electron chi connectivity index (χ2n) is 6.57. The van der Waals surface area contributed by atoms with Gasteiger partial charge in [-0.25, -0.2) is 0 Å². The predicted molar refractivity (Wildman–Crippen MR) is 104 cm³/mol. The molecule has 4 nitrogen and oxygen atoms in total. The van der Waals surface area contributed by atoms with E-state index in [-0.39, 0.29) is 12.0 Å². The lowest BCUT2D eigenvalue weighted by atomic mass is 9.93. The summed E-state index contributed by atoms with van der Waals surface area (Å²) in [6.45, 7) is 3.15. The predicted octanol–water partition coefficient (Wildman–Crippen LogP) is 4.16. The van der Waals surface area contributed by atoms with Crippen molar-refractivity contribution < 1.29 is 9.53 Å². The quantitative estimate of drug-likeness (QED) is 0.680. The number of aromatic amines is 1. The summed E-state index contributed by atoms with van der Waals surface area (Å²) >= 11 is 6.19. The van der Waals surface area contributed by atoms with E-state index in [1.54, 1.807) is 0 Å². The zero-order valence-corrected chi connectivity index (χ0v) is 15.4. The van der Waals surface area contributed by atoms with Crippen molar-refractivity contribution in [2.24, 2.45) is 0 Å². The lowest BCUT2D eigenvalue weighted by Crippen LogP contribution is -2.30. The van der Waals surface area contributed by atoms with Gasteiger partial charge < -0.3 is 15.0 Å². The third kappa shape index (κ3) is 3.22. The lowest BCUT2D eigenvalue weighted by Gasteiger charge is -2.25. The number of fused-ring (bicyclic) bond motifs is 3. The molecule has 134 valence electrons. The molecule has 0 fully saturated rings. The maximum absolute atomic E-state index is 11.6. The van der Waals surface area contributed by atoms with Gasteiger partial charge in [0.2, 0.25) is 0 Å². The Morgan fingerprint density at radius 1 is 1.23 bits per heavy atom. The molecule has 1 aliphatic heterocycles. The van der Waals surface area contributed by atoms with E-state index in [1.807, 2.05) is 37.3 Å². The average Bonchev–Trinajstić information content (AvgIpc) is 3.00. The van der Waals surface area contributed by atoms with E-state index >= 15 is 0 Å². The van der Waals surface area contributed by atoms with Crippen LogP contribution < -0.4 is 5.32 Å². The third-order valence-corrected chi connectivity index (χ3v) is 5.12. The first-order valence-corrected chi connectivity index (χ1v) is 9.31. The number of carbonyl (C=O) groups is 1. The molecule has 0 radical (unpaired) electrons. The van der Waals surface area contributed by atoms with Crippen molar-refractivity contribution in [3.8, 4) is 0 Å². The number of halogens is 1. The smallest absolute Gasteiger partial charge is 0.310 e. The monoisotopic (exact) mass is 368 g/mol. The van der Waals surface area contributed by atoms with Crippen LogP contribution in [-0.4, -0.2) is 24.1 Å². The van der Waals surface area contributed by atoms with Gasteiger partial charge in [-0.1, -0.05) is 35.9 Å². The van der Waals surface area contributed by atoms with Crippen molar-refractivity contribution in [1.82, 2.24) is 10.3 Å². The Morgan fingerprint density at radius 3 is 2.81 bits per heavy atom. The van der Waals surface area contributed by atoms with Gasteiger partial charge in [-0.2, -0.15) is 0 Å². The van der Waals surface area contributed by atoms with E-state index < -0.39 is 0 Å². The molecule has 4 rings (SSSR count). The molecule has 3 aromatic rings. The summed E-state index contributed by atoms with van der Waals surface area (Å²) in [7, 11) is 0. The Bertz CT molecular complexity index is 947. The topological polar surface area (TPSA) is 54.1 Å². The van der Waals surface area contributed by atoms with Gasteiger partial charge in [0.25, 0.3) is 0 Å². The summed E-state index contributed by atoms with van der Waals surface area (Å²) in [5.41, 5.74) is 5.79. The Morgan fingerprint density at radius 2 is 2.04 bits per heavy atom. The highest BCUT2D eigenvalue weighted by Gasteiger charge is 2.25. The Hall–Kier alpha value is -2.30. The van der Waals surface area contributed by atoms with Crippen molar-refractivity contribution in [1.29, 1.82) is 0 Å². The van der Waals surface area contributed by atoms with Crippen LogP contribution in [0.4, 0.5) is 0 Å². The standard InChI is InChI=1S/C21H21ClN2O2/c1-2-26-19(25)11-13-3-5-14(6-4-13)20-21-16(9-10-23-20)17-12-15(22)7-8-18(17)24-21/h3-8,12,20,23-24H,2,9-11H2,1H3. The van der Waals surface area contributed by atoms with Crippen molar-refractivity contribution in [3.63, 3.8) is 0 Å². The highest BCUT2D eigenvalue weighted by atomic mass is 35.5. The summed E-state index contributed by atoms with van der Waals surface area (Å²) in [6.07, 6.45) is 1.29. The summed E-state index contributed by atoms with van der Waals surface area (Å²) in [4.78, 5) is 15.2. The maximum atomic E-state index is 11.6. The van der Waals surface area contributed by atoms with Crippen molar-refractivity contribution in [3.05, 3.63) is 69.9 Å². The largest absolute Gasteiger partial charge is 0.466 e. The van der Waals surface area contributed by atoms with Crippen molar-refractivity contribution in [2.45, 2.75) is 25.8 Å². The second-order valence-corrected chi connectivity index (χ2v) is 7.00. The Labute approximate surface area is 157 Å². The number of carbonyl (C=O) groups excluding carboxylic acids is 1. The molecular weight excluding hydrogens is 348 g/mol. The number of ether oxygens (including phenoxy) is 1. The number of benzene rings is 2. The van der Waals surface area contributed by atoms with Crippen molar-refractivity contribution >= 4 is 28.5 Å². The first kappa shape index (κ1) is 17.1. The van der Waals surface area contributed by atoms with Gasteiger partial charge >= 0.3 is 5.97 Å². The number of H-pyrrole nitrogens is 1. The van der Waals surface area contributed by atoms with Crippen LogP contribution in [0.3, 0.4) is 0 Å². The van der Waals surface area contributed by atoms with E-state index in [0.717, 1.165) is 29.1 Å². The maximum Gasteiger partial charge on any atom is 0.310 e. The normalized spacial score (nSPS) is 16.5. The van der Waals surface area contributed by atoms with Crippen LogP contribution in [-0.2, 0) is 22.4 Å². The number of rotatable bonds is 4. The third-order valence-electron chi connectivity index (χ3n) is 4.88. The molecule has 0 saturated carbocycles. The van der Waals surface area contributed by atoms with Crippen LogP contribution in [0.1, 0.15) is 35.3 Å². The molecule has 26 heavy (non-hydrogen) atoms. The van der Waals surface area contributed by atoms with Gasteiger partial charge in [-0.05, 0) is 48.2 Å². The Kier molecular flexibility index (Phi) is 4.70. The molecule has 0 aliphatic carbocycles. The summed E-state index contributed by atoms with van der Waals surface area (Å²) in [5, 5.41) is 5.56. The van der Waals surface area contributed by atoms with Crippen LogP contribution in [0.5, 0.6) is 0 Å². The zero-order chi connectivity index (χ0) is 18.1. The van der Waals surface area contributed by atoms with E-state index in [1.165, 1.54) is 22.2 Å². The van der Waals surface area contributed by atoms with Gasteiger partial charge in [-0.15, -0.1) is 0 Å². The summed E-state index contributed by atoms with van der Waals surface area (Å²) in [5.74, 6) is -0.189. The van der Waals surface area contributed by atoms with E-state index in [2.05, 4.69) is 22.4 Å². The highest BCUT2D eigenvalue weighted by Crippen LogP contribution is 2.34. The first-order chi connectivity index (χ1) is 12.7. The second kappa shape index (κ2) is 7.14. The number of hydrogen-bond acceptors (Lipinski definition) is 3. The molecule has 0 bridgehead atoms. The molecule has 2 aromatic carbocycles. The lowest BCUT2D eigenvalue weighted by molar-refractivity contribution is -0.142. The number of esters is 1. The van der Waals surface area contributed by atoms with Gasteiger partial charge in [-0.3, -0.25) is 4.79 Å². The van der Waals surface area contributed by atoms with E-state index in [0.29, 0.717) is 13.0 Å². The van der Waals surface area contributed by atoms with Crippen LogP contribution in [0.15, 0.2) is 42.5 Å². The zero-order valence-electron chi connectivity index (χ0n) is 14.6. The van der Waals surface area contributed by atoms with Crippen LogP contribution >= 0.6 is 11.6 Å². The minimum Gasteiger partial charge on any atom is -0.466 e. The molecule has 0 spiro atoms.